The fraction of sp³-hybridized carbons (Fsp3) is 0.176. The number of nitrogens with one attached hydrogen (secondary N) is 1. The Balaban J connectivity index is 1.80. The zero-order valence-corrected chi connectivity index (χ0v) is 15.4. The SMILES string of the molecule is CS(=O)(=O)Cc1cccc(CNc2ccnc3cc(Br)cnc23)c1. The molecule has 7 heteroatoms. The van der Waals surface area contributed by atoms with Crippen LogP contribution in [0.3, 0.4) is 0 Å². The minimum Gasteiger partial charge on any atom is -0.379 e. The summed E-state index contributed by atoms with van der Waals surface area (Å²) in [6.45, 7) is 0.578. The highest BCUT2D eigenvalue weighted by atomic mass is 79.9. The lowest BCUT2D eigenvalue weighted by molar-refractivity contribution is 0.601. The van der Waals surface area contributed by atoms with Gasteiger partial charge in [0.05, 0.1) is 17.0 Å². The molecule has 0 spiro atoms. The summed E-state index contributed by atoms with van der Waals surface area (Å²) >= 11 is 3.39. The minimum absolute atomic E-state index is 0.0502. The molecule has 0 saturated heterocycles. The van der Waals surface area contributed by atoms with E-state index in [1.54, 1.807) is 12.4 Å². The van der Waals surface area contributed by atoms with Gasteiger partial charge in [0.25, 0.3) is 0 Å². The van der Waals surface area contributed by atoms with Crippen LogP contribution in [0.15, 0.2) is 53.3 Å². The topological polar surface area (TPSA) is 72.0 Å². The number of aromatic nitrogens is 2. The summed E-state index contributed by atoms with van der Waals surface area (Å²) in [4.78, 5) is 8.72. The largest absolute Gasteiger partial charge is 0.379 e. The maximum atomic E-state index is 11.4. The Labute approximate surface area is 149 Å². The molecule has 0 radical (unpaired) electrons. The second kappa shape index (κ2) is 6.86. The number of fused-ring (bicyclic) bond motifs is 1. The Hall–Kier alpha value is -1.99. The van der Waals surface area contributed by atoms with Crippen LogP contribution in [-0.4, -0.2) is 24.6 Å². The highest BCUT2D eigenvalue weighted by molar-refractivity contribution is 9.10. The first-order valence-electron chi connectivity index (χ1n) is 7.30. The van der Waals surface area contributed by atoms with E-state index in [0.29, 0.717) is 6.54 Å². The molecule has 0 bridgehead atoms. The van der Waals surface area contributed by atoms with Gasteiger partial charge in [-0.1, -0.05) is 24.3 Å². The van der Waals surface area contributed by atoms with Crippen molar-refractivity contribution in [1.29, 1.82) is 0 Å². The Morgan fingerprint density at radius 2 is 1.92 bits per heavy atom. The summed E-state index contributed by atoms with van der Waals surface area (Å²) in [5.74, 6) is 0.0502. The molecule has 0 aliphatic heterocycles. The summed E-state index contributed by atoms with van der Waals surface area (Å²) in [6, 6.07) is 11.4. The molecular formula is C17H16BrN3O2S. The number of rotatable bonds is 5. The van der Waals surface area contributed by atoms with Gasteiger partial charge in [-0.2, -0.15) is 0 Å². The molecular weight excluding hydrogens is 390 g/mol. The van der Waals surface area contributed by atoms with Crippen molar-refractivity contribution in [2.45, 2.75) is 12.3 Å². The van der Waals surface area contributed by atoms with E-state index in [1.165, 1.54) is 6.26 Å². The zero-order chi connectivity index (χ0) is 17.2. The molecule has 124 valence electrons. The molecule has 2 aromatic heterocycles. The fourth-order valence-electron chi connectivity index (χ4n) is 2.48. The quantitative estimate of drug-likeness (QED) is 0.702. The van der Waals surface area contributed by atoms with Crippen molar-refractivity contribution in [2.24, 2.45) is 0 Å². The van der Waals surface area contributed by atoms with Gasteiger partial charge < -0.3 is 5.32 Å². The Morgan fingerprint density at radius 3 is 2.71 bits per heavy atom. The van der Waals surface area contributed by atoms with Gasteiger partial charge in [-0.05, 0) is 39.2 Å². The predicted octanol–water partition coefficient (Wildman–Crippen LogP) is 3.55. The smallest absolute Gasteiger partial charge is 0.151 e. The number of nitrogens with zero attached hydrogens (tertiary/aromatic N) is 2. The van der Waals surface area contributed by atoms with Crippen LogP contribution in [0.25, 0.3) is 11.0 Å². The van der Waals surface area contributed by atoms with E-state index in [2.05, 4.69) is 31.2 Å². The van der Waals surface area contributed by atoms with Gasteiger partial charge in [0, 0.05) is 29.7 Å². The standard InChI is InChI=1S/C17H16BrN3O2S/c1-24(22,23)11-13-4-2-3-12(7-13)9-20-15-5-6-19-16-8-14(18)10-21-17(15)16/h2-8,10H,9,11H2,1H3,(H,19,20). The third kappa shape index (κ3) is 4.30. The number of hydrogen-bond acceptors (Lipinski definition) is 5. The van der Waals surface area contributed by atoms with E-state index in [4.69, 9.17) is 0 Å². The van der Waals surface area contributed by atoms with Gasteiger partial charge >= 0.3 is 0 Å². The molecule has 3 aromatic rings. The zero-order valence-electron chi connectivity index (χ0n) is 13.0. The molecule has 3 rings (SSSR count). The van der Waals surface area contributed by atoms with E-state index in [-0.39, 0.29) is 5.75 Å². The van der Waals surface area contributed by atoms with Crippen LogP contribution in [0.1, 0.15) is 11.1 Å². The highest BCUT2D eigenvalue weighted by Gasteiger charge is 2.07. The first-order valence-corrected chi connectivity index (χ1v) is 10.2. The molecule has 0 amide bonds. The average molecular weight is 406 g/mol. The summed E-state index contributed by atoms with van der Waals surface area (Å²) in [7, 11) is -3.04. The molecule has 2 heterocycles. The monoisotopic (exact) mass is 405 g/mol. The summed E-state index contributed by atoms with van der Waals surface area (Å²) < 4.78 is 23.7. The van der Waals surface area contributed by atoms with Crippen molar-refractivity contribution in [2.75, 3.05) is 11.6 Å². The number of halogens is 1. The Bertz CT molecular complexity index is 990. The minimum atomic E-state index is -3.04. The van der Waals surface area contributed by atoms with Crippen LogP contribution in [0.4, 0.5) is 5.69 Å². The molecule has 1 aromatic carbocycles. The number of hydrogen-bond donors (Lipinski definition) is 1. The molecule has 0 atom stereocenters. The lowest BCUT2D eigenvalue weighted by Gasteiger charge is -2.10. The van der Waals surface area contributed by atoms with E-state index < -0.39 is 9.84 Å². The third-order valence-corrected chi connectivity index (χ3v) is 4.74. The van der Waals surface area contributed by atoms with Gasteiger partial charge in [-0.3, -0.25) is 9.97 Å². The first-order chi connectivity index (χ1) is 11.4. The van der Waals surface area contributed by atoms with Crippen molar-refractivity contribution < 1.29 is 8.42 Å². The summed E-state index contributed by atoms with van der Waals surface area (Å²) in [5.41, 5.74) is 4.30. The van der Waals surface area contributed by atoms with Gasteiger partial charge in [0.2, 0.25) is 0 Å². The average Bonchev–Trinajstić information content (AvgIpc) is 2.51. The predicted molar refractivity (Wildman–Crippen MR) is 99.6 cm³/mol. The van der Waals surface area contributed by atoms with E-state index in [9.17, 15) is 8.42 Å². The van der Waals surface area contributed by atoms with Gasteiger partial charge in [-0.25, -0.2) is 8.42 Å². The molecule has 5 nitrogen and oxygen atoms in total. The lowest BCUT2D eigenvalue weighted by atomic mass is 10.1. The molecule has 0 fully saturated rings. The van der Waals surface area contributed by atoms with E-state index in [1.807, 2.05) is 36.4 Å². The molecule has 1 N–H and O–H groups in total. The molecule has 24 heavy (non-hydrogen) atoms. The number of sulfone groups is 1. The fourth-order valence-corrected chi connectivity index (χ4v) is 3.58. The first kappa shape index (κ1) is 16.9. The van der Waals surface area contributed by atoms with Crippen molar-refractivity contribution in [1.82, 2.24) is 9.97 Å². The molecule has 0 aliphatic rings. The number of benzene rings is 1. The van der Waals surface area contributed by atoms with E-state index in [0.717, 1.165) is 32.3 Å². The Morgan fingerprint density at radius 1 is 1.12 bits per heavy atom. The molecule has 0 aliphatic carbocycles. The maximum absolute atomic E-state index is 11.4. The van der Waals surface area contributed by atoms with Gasteiger partial charge in [-0.15, -0.1) is 0 Å². The number of pyridine rings is 2. The maximum Gasteiger partial charge on any atom is 0.151 e. The third-order valence-electron chi connectivity index (χ3n) is 3.45. The van der Waals surface area contributed by atoms with Crippen LogP contribution in [0, 0.1) is 0 Å². The van der Waals surface area contributed by atoms with Crippen molar-refractivity contribution in [3.05, 3.63) is 64.4 Å². The van der Waals surface area contributed by atoms with Crippen LogP contribution >= 0.6 is 15.9 Å². The van der Waals surface area contributed by atoms with Crippen LogP contribution in [0.2, 0.25) is 0 Å². The summed E-state index contributed by atoms with van der Waals surface area (Å²) in [5, 5.41) is 3.35. The lowest BCUT2D eigenvalue weighted by Crippen LogP contribution is -2.04. The summed E-state index contributed by atoms with van der Waals surface area (Å²) in [6.07, 6.45) is 4.71. The highest BCUT2D eigenvalue weighted by Crippen LogP contribution is 2.22. The van der Waals surface area contributed by atoms with Crippen LogP contribution in [0.5, 0.6) is 0 Å². The van der Waals surface area contributed by atoms with Crippen LogP contribution in [-0.2, 0) is 22.1 Å². The Kier molecular flexibility index (Phi) is 4.82. The van der Waals surface area contributed by atoms with Crippen molar-refractivity contribution in [3.63, 3.8) is 0 Å². The van der Waals surface area contributed by atoms with Gasteiger partial charge in [0.1, 0.15) is 5.52 Å². The second-order valence-electron chi connectivity index (χ2n) is 5.62. The normalized spacial score (nSPS) is 11.6. The van der Waals surface area contributed by atoms with Crippen molar-refractivity contribution in [3.8, 4) is 0 Å². The van der Waals surface area contributed by atoms with Crippen LogP contribution < -0.4 is 5.32 Å². The molecule has 0 saturated carbocycles. The second-order valence-corrected chi connectivity index (χ2v) is 8.68. The molecule has 0 unspecified atom stereocenters. The number of anilines is 1. The van der Waals surface area contributed by atoms with Crippen molar-refractivity contribution >= 4 is 42.5 Å². The van der Waals surface area contributed by atoms with Gasteiger partial charge in [0.15, 0.2) is 9.84 Å². The van der Waals surface area contributed by atoms with E-state index >= 15 is 0 Å².